The molecule has 174 valence electrons. The van der Waals surface area contributed by atoms with Crippen LogP contribution in [0.15, 0.2) is 59.2 Å². The lowest BCUT2D eigenvalue weighted by Gasteiger charge is -2.31. The molecule has 0 bridgehead atoms. The Bertz CT molecular complexity index is 1280. The maximum absolute atomic E-state index is 12.7. The number of hydrogen-bond acceptors (Lipinski definition) is 9. The van der Waals surface area contributed by atoms with Gasteiger partial charge in [-0.1, -0.05) is 6.07 Å². The Morgan fingerprint density at radius 3 is 2.62 bits per heavy atom. The van der Waals surface area contributed by atoms with E-state index in [0.717, 1.165) is 42.3 Å². The highest BCUT2D eigenvalue weighted by Gasteiger charge is 2.25. The summed E-state index contributed by atoms with van der Waals surface area (Å²) in [6.07, 6.45) is 4.47. The highest BCUT2D eigenvalue weighted by Crippen LogP contribution is 2.22. The van der Waals surface area contributed by atoms with E-state index >= 15 is 0 Å². The Balaban J connectivity index is 1.11. The Labute approximate surface area is 199 Å². The lowest BCUT2D eigenvalue weighted by Crippen LogP contribution is -2.42. The number of carbonyl (C=O) groups is 1. The fourth-order valence-electron chi connectivity index (χ4n) is 3.90. The summed E-state index contributed by atoms with van der Waals surface area (Å²) in [6.45, 7) is 2.13. The van der Waals surface area contributed by atoms with Crippen molar-refractivity contribution >= 4 is 23.1 Å². The summed E-state index contributed by atoms with van der Waals surface area (Å²) in [5, 5.41) is 21.9. The highest BCUT2D eigenvalue weighted by atomic mass is 32.1. The van der Waals surface area contributed by atoms with Crippen molar-refractivity contribution in [2.75, 3.05) is 24.5 Å². The van der Waals surface area contributed by atoms with Crippen LogP contribution in [-0.2, 0) is 11.3 Å². The van der Waals surface area contributed by atoms with Crippen LogP contribution in [0.2, 0.25) is 0 Å². The molecular formula is C22H23N9O2S. The molecule has 4 aromatic rings. The summed E-state index contributed by atoms with van der Waals surface area (Å²) in [4.78, 5) is 31.8. The van der Waals surface area contributed by atoms with Crippen molar-refractivity contribution < 1.29 is 4.79 Å². The van der Waals surface area contributed by atoms with Gasteiger partial charge >= 0.3 is 0 Å². The average molecular weight is 478 g/mol. The first kappa shape index (κ1) is 21.9. The van der Waals surface area contributed by atoms with Crippen molar-refractivity contribution in [2.45, 2.75) is 19.4 Å². The number of thiophene rings is 1. The van der Waals surface area contributed by atoms with E-state index in [2.05, 4.69) is 35.6 Å². The van der Waals surface area contributed by atoms with E-state index < -0.39 is 0 Å². The second kappa shape index (κ2) is 9.91. The topological polar surface area (TPSA) is 124 Å². The standard InChI is InChI=1S/C22H23N9O2S/c32-21-6-3-17(18-2-1-13-34-18)28-30(21)12-9-24-22(33)16-7-10-29(11-8-16)19-4-5-20(27-26-19)31-15-23-14-25-31/h1-6,13-16H,7-12H2,(H,24,33). The number of carbonyl (C=O) groups excluding carboxylic acids is 1. The second-order valence-corrected chi connectivity index (χ2v) is 8.85. The monoisotopic (exact) mass is 477 g/mol. The Kier molecular flexibility index (Phi) is 6.38. The first-order valence-corrected chi connectivity index (χ1v) is 11.9. The quantitative estimate of drug-likeness (QED) is 0.423. The third-order valence-electron chi connectivity index (χ3n) is 5.74. The first-order chi connectivity index (χ1) is 16.7. The molecule has 0 saturated carbocycles. The molecule has 11 nitrogen and oxygen atoms in total. The van der Waals surface area contributed by atoms with Crippen LogP contribution in [0.3, 0.4) is 0 Å². The first-order valence-electron chi connectivity index (χ1n) is 11.0. The summed E-state index contributed by atoms with van der Waals surface area (Å²) in [7, 11) is 0. The number of aromatic nitrogens is 7. The van der Waals surface area contributed by atoms with Gasteiger partial charge in [0.2, 0.25) is 5.91 Å². The van der Waals surface area contributed by atoms with Gasteiger partial charge in [0.1, 0.15) is 18.3 Å². The molecule has 1 amide bonds. The maximum atomic E-state index is 12.7. The third-order valence-corrected chi connectivity index (χ3v) is 6.64. The van der Waals surface area contributed by atoms with Crippen LogP contribution >= 0.6 is 11.3 Å². The second-order valence-electron chi connectivity index (χ2n) is 7.90. The average Bonchev–Trinajstić information content (AvgIpc) is 3.60. The number of nitrogens with zero attached hydrogens (tertiary/aromatic N) is 8. The van der Waals surface area contributed by atoms with E-state index in [-0.39, 0.29) is 17.4 Å². The molecule has 5 heterocycles. The number of anilines is 1. The molecule has 0 aromatic carbocycles. The van der Waals surface area contributed by atoms with E-state index in [1.807, 2.05) is 29.6 Å². The smallest absolute Gasteiger partial charge is 0.266 e. The summed E-state index contributed by atoms with van der Waals surface area (Å²) in [5.74, 6) is 1.32. The molecular weight excluding hydrogens is 454 g/mol. The third kappa shape index (κ3) is 4.86. The van der Waals surface area contributed by atoms with Gasteiger partial charge in [0.25, 0.3) is 5.56 Å². The van der Waals surface area contributed by atoms with Gasteiger partial charge in [-0.15, -0.1) is 21.5 Å². The zero-order chi connectivity index (χ0) is 23.3. The van der Waals surface area contributed by atoms with E-state index in [1.54, 1.807) is 28.4 Å². The molecule has 0 spiro atoms. The van der Waals surface area contributed by atoms with Gasteiger partial charge in [-0.3, -0.25) is 9.59 Å². The number of rotatable bonds is 7. The number of nitrogens with one attached hydrogen (secondary N) is 1. The van der Waals surface area contributed by atoms with Crippen molar-refractivity contribution in [3.63, 3.8) is 0 Å². The maximum Gasteiger partial charge on any atom is 0.266 e. The summed E-state index contributed by atoms with van der Waals surface area (Å²) in [5.41, 5.74) is 0.574. The molecule has 12 heteroatoms. The predicted molar refractivity (Wildman–Crippen MR) is 127 cm³/mol. The van der Waals surface area contributed by atoms with E-state index in [1.165, 1.54) is 17.1 Å². The van der Waals surface area contributed by atoms with Gasteiger partial charge < -0.3 is 10.2 Å². The zero-order valence-electron chi connectivity index (χ0n) is 18.3. The Morgan fingerprint density at radius 1 is 1.09 bits per heavy atom. The van der Waals surface area contributed by atoms with Crippen LogP contribution in [0, 0.1) is 5.92 Å². The van der Waals surface area contributed by atoms with E-state index in [0.29, 0.717) is 18.9 Å². The van der Waals surface area contributed by atoms with Crippen molar-refractivity contribution in [1.29, 1.82) is 0 Å². The van der Waals surface area contributed by atoms with Crippen molar-refractivity contribution in [3.05, 3.63) is 64.8 Å². The van der Waals surface area contributed by atoms with Crippen LogP contribution in [0.4, 0.5) is 5.82 Å². The molecule has 0 unspecified atom stereocenters. The highest BCUT2D eigenvalue weighted by molar-refractivity contribution is 7.13. The molecule has 1 aliphatic heterocycles. The van der Waals surface area contributed by atoms with E-state index in [9.17, 15) is 9.59 Å². The largest absolute Gasteiger partial charge is 0.355 e. The lowest BCUT2D eigenvalue weighted by molar-refractivity contribution is -0.125. The Morgan fingerprint density at radius 2 is 1.91 bits per heavy atom. The molecule has 0 radical (unpaired) electrons. The number of piperidine rings is 1. The lowest BCUT2D eigenvalue weighted by atomic mass is 9.96. The molecule has 1 fully saturated rings. The van der Waals surface area contributed by atoms with Gasteiger partial charge in [0.15, 0.2) is 11.6 Å². The van der Waals surface area contributed by atoms with Gasteiger partial charge in [-0.2, -0.15) is 10.2 Å². The summed E-state index contributed by atoms with van der Waals surface area (Å²) in [6, 6.07) is 10.9. The molecule has 0 aliphatic carbocycles. The van der Waals surface area contributed by atoms with Gasteiger partial charge in [-0.05, 0) is 42.5 Å². The molecule has 1 aliphatic rings. The predicted octanol–water partition coefficient (Wildman–Crippen LogP) is 1.38. The molecule has 34 heavy (non-hydrogen) atoms. The van der Waals surface area contributed by atoms with Crippen LogP contribution in [-0.4, -0.2) is 60.3 Å². The fraction of sp³-hybridized carbons (Fsp3) is 0.318. The molecule has 1 N–H and O–H groups in total. The van der Waals surface area contributed by atoms with Crippen molar-refractivity contribution in [1.82, 2.24) is 40.1 Å². The molecule has 0 atom stereocenters. The summed E-state index contributed by atoms with van der Waals surface area (Å²) < 4.78 is 2.95. The minimum atomic E-state index is -0.182. The Hall–Kier alpha value is -3.93. The molecule has 5 rings (SSSR count). The van der Waals surface area contributed by atoms with Crippen LogP contribution in [0.25, 0.3) is 16.4 Å². The van der Waals surface area contributed by atoms with Crippen molar-refractivity contribution in [2.24, 2.45) is 5.92 Å². The number of amides is 1. The fourth-order valence-corrected chi connectivity index (χ4v) is 4.59. The van der Waals surface area contributed by atoms with Gasteiger partial charge in [0.05, 0.1) is 11.4 Å². The van der Waals surface area contributed by atoms with Crippen LogP contribution < -0.4 is 15.8 Å². The van der Waals surface area contributed by atoms with Crippen LogP contribution in [0.1, 0.15) is 12.8 Å². The zero-order valence-corrected chi connectivity index (χ0v) is 19.1. The summed E-state index contributed by atoms with van der Waals surface area (Å²) >= 11 is 1.57. The van der Waals surface area contributed by atoms with E-state index in [4.69, 9.17) is 0 Å². The van der Waals surface area contributed by atoms with Crippen molar-refractivity contribution in [3.8, 4) is 16.4 Å². The normalized spacial score (nSPS) is 14.3. The molecule has 1 saturated heterocycles. The molecule has 4 aromatic heterocycles. The SMILES string of the molecule is O=C(NCCn1nc(-c2cccs2)ccc1=O)C1CCN(c2ccc(-n3cncn3)nn2)CC1. The van der Waals surface area contributed by atoms with Crippen LogP contribution in [0.5, 0.6) is 0 Å². The van der Waals surface area contributed by atoms with Gasteiger partial charge in [0, 0.05) is 31.6 Å². The minimum Gasteiger partial charge on any atom is -0.355 e. The minimum absolute atomic E-state index is 0.00900. The number of hydrogen-bond donors (Lipinski definition) is 1. The van der Waals surface area contributed by atoms with Gasteiger partial charge in [-0.25, -0.2) is 14.3 Å².